The highest BCUT2D eigenvalue weighted by molar-refractivity contribution is 7.91. The van der Waals surface area contributed by atoms with Crippen LogP contribution < -0.4 is 10.6 Å². The molecular weight excluding hydrogens is 295 g/mol. The standard InChI is InChI=1S/C14H19FN2O3S/c1-2-16-13-11(4-3-5-12(13)15)14(18)17-8-10-6-7-21(19,20)9-10/h3-5,10,16H,2,6-9H2,1H3,(H,17,18). The largest absolute Gasteiger partial charge is 0.382 e. The van der Waals surface area contributed by atoms with Crippen LogP contribution in [0.15, 0.2) is 18.2 Å². The van der Waals surface area contributed by atoms with Gasteiger partial charge in [-0.1, -0.05) is 6.07 Å². The minimum Gasteiger partial charge on any atom is -0.382 e. The first-order valence-corrected chi connectivity index (χ1v) is 8.76. The van der Waals surface area contributed by atoms with Gasteiger partial charge >= 0.3 is 0 Å². The minimum absolute atomic E-state index is 0.0601. The van der Waals surface area contributed by atoms with Gasteiger partial charge in [0.15, 0.2) is 9.84 Å². The molecule has 1 amide bonds. The van der Waals surface area contributed by atoms with Crippen LogP contribution in [0.4, 0.5) is 10.1 Å². The fraction of sp³-hybridized carbons (Fsp3) is 0.500. The molecule has 1 aliphatic rings. The number of amides is 1. The van der Waals surface area contributed by atoms with Gasteiger partial charge in [0.25, 0.3) is 5.91 Å². The van der Waals surface area contributed by atoms with Crippen LogP contribution in [-0.2, 0) is 9.84 Å². The zero-order valence-corrected chi connectivity index (χ0v) is 12.7. The molecule has 0 aliphatic carbocycles. The van der Waals surface area contributed by atoms with Crippen LogP contribution >= 0.6 is 0 Å². The number of hydrogen-bond acceptors (Lipinski definition) is 4. The maximum Gasteiger partial charge on any atom is 0.253 e. The van der Waals surface area contributed by atoms with E-state index < -0.39 is 21.6 Å². The topological polar surface area (TPSA) is 75.3 Å². The number of para-hydroxylation sites is 1. The summed E-state index contributed by atoms with van der Waals surface area (Å²) in [6.45, 7) is 2.61. The molecule has 21 heavy (non-hydrogen) atoms. The van der Waals surface area contributed by atoms with Crippen molar-refractivity contribution in [3.8, 4) is 0 Å². The van der Waals surface area contributed by atoms with Crippen LogP contribution in [0.5, 0.6) is 0 Å². The summed E-state index contributed by atoms with van der Waals surface area (Å²) in [4.78, 5) is 12.1. The molecule has 0 saturated carbocycles. The number of rotatable bonds is 5. The Labute approximate surface area is 123 Å². The Balaban J connectivity index is 2.02. The number of sulfone groups is 1. The van der Waals surface area contributed by atoms with Crippen molar-refractivity contribution < 1.29 is 17.6 Å². The molecule has 1 aromatic rings. The summed E-state index contributed by atoms with van der Waals surface area (Å²) in [5.41, 5.74) is 0.411. The Hall–Kier alpha value is -1.63. The quantitative estimate of drug-likeness (QED) is 0.862. The van der Waals surface area contributed by atoms with E-state index in [1.807, 2.05) is 6.92 Å². The summed E-state index contributed by atoms with van der Waals surface area (Å²) in [6.07, 6.45) is 0.561. The third-order valence-electron chi connectivity index (χ3n) is 3.49. The lowest BCUT2D eigenvalue weighted by atomic mass is 10.1. The summed E-state index contributed by atoms with van der Waals surface area (Å²) >= 11 is 0. The van der Waals surface area contributed by atoms with Crippen molar-refractivity contribution in [1.29, 1.82) is 0 Å². The Morgan fingerprint density at radius 1 is 1.43 bits per heavy atom. The van der Waals surface area contributed by atoms with Gasteiger partial charge in [-0.2, -0.15) is 0 Å². The highest BCUT2D eigenvalue weighted by atomic mass is 32.2. The maximum absolute atomic E-state index is 13.7. The second kappa shape index (κ2) is 6.43. The second-order valence-electron chi connectivity index (χ2n) is 5.17. The molecule has 2 N–H and O–H groups in total. The van der Waals surface area contributed by atoms with Crippen molar-refractivity contribution in [1.82, 2.24) is 5.32 Å². The summed E-state index contributed by atoms with van der Waals surface area (Å²) in [7, 11) is -2.96. The molecule has 1 atom stereocenters. The van der Waals surface area contributed by atoms with Gasteiger partial charge in [-0.25, -0.2) is 12.8 Å². The van der Waals surface area contributed by atoms with Gasteiger partial charge in [0.2, 0.25) is 0 Å². The summed E-state index contributed by atoms with van der Waals surface area (Å²) in [5, 5.41) is 5.53. The Morgan fingerprint density at radius 2 is 2.19 bits per heavy atom. The molecule has 7 heteroatoms. The Morgan fingerprint density at radius 3 is 2.81 bits per heavy atom. The predicted octanol–water partition coefficient (Wildman–Crippen LogP) is 1.42. The highest BCUT2D eigenvalue weighted by Gasteiger charge is 2.28. The number of carbonyl (C=O) groups excluding carboxylic acids is 1. The minimum atomic E-state index is -2.96. The molecule has 1 unspecified atom stereocenters. The molecular formula is C14H19FN2O3S. The van der Waals surface area contributed by atoms with E-state index >= 15 is 0 Å². The van der Waals surface area contributed by atoms with Crippen LogP contribution in [-0.4, -0.2) is 38.9 Å². The molecule has 1 heterocycles. The molecule has 0 radical (unpaired) electrons. The van der Waals surface area contributed by atoms with Crippen molar-refractivity contribution in [2.24, 2.45) is 5.92 Å². The van der Waals surface area contributed by atoms with Crippen LogP contribution in [0.1, 0.15) is 23.7 Å². The van der Waals surface area contributed by atoms with E-state index in [9.17, 15) is 17.6 Å². The smallest absolute Gasteiger partial charge is 0.253 e. The average molecular weight is 314 g/mol. The second-order valence-corrected chi connectivity index (χ2v) is 7.40. The van der Waals surface area contributed by atoms with Crippen LogP contribution in [0, 0.1) is 11.7 Å². The molecule has 0 spiro atoms. The first kappa shape index (κ1) is 15.8. The number of carbonyl (C=O) groups is 1. The summed E-state index contributed by atoms with van der Waals surface area (Å²) in [6, 6.07) is 4.31. The average Bonchev–Trinajstić information content (AvgIpc) is 2.78. The monoisotopic (exact) mass is 314 g/mol. The molecule has 116 valence electrons. The van der Waals surface area contributed by atoms with Gasteiger partial charge in [-0.3, -0.25) is 4.79 Å². The lowest BCUT2D eigenvalue weighted by molar-refractivity contribution is 0.0949. The van der Waals surface area contributed by atoms with E-state index in [4.69, 9.17) is 0 Å². The van der Waals surface area contributed by atoms with Crippen molar-refractivity contribution in [3.05, 3.63) is 29.6 Å². The molecule has 0 bridgehead atoms. The molecule has 0 aromatic heterocycles. The molecule has 1 saturated heterocycles. The van der Waals surface area contributed by atoms with Crippen molar-refractivity contribution in [3.63, 3.8) is 0 Å². The van der Waals surface area contributed by atoms with Crippen molar-refractivity contribution >= 4 is 21.4 Å². The molecule has 1 fully saturated rings. The SMILES string of the molecule is CCNc1c(F)cccc1C(=O)NCC1CCS(=O)(=O)C1. The van der Waals surface area contributed by atoms with E-state index in [1.54, 1.807) is 6.07 Å². The normalized spacial score (nSPS) is 20.2. The lowest BCUT2D eigenvalue weighted by Crippen LogP contribution is -2.30. The molecule has 5 nitrogen and oxygen atoms in total. The first-order valence-electron chi connectivity index (χ1n) is 6.94. The summed E-state index contributed by atoms with van der Waals surface area (Å²) in [5.74, 6) is -0.648. The van der Waals surface area contributed by atoms with Gasteiger partial charge in [0.1, 0.15) is 5.82 Å². The van der Waals surface area contributed by atoms with E-state index in [2.05, 4.69) is 10.6 Å². The van der Waals surface area contributed by atoms with E-state index in [-0.39, 0.29) is 28.7 Å². The molecule has 1 aliphatic heterocycles. The highest BCUT2D eigenvalue weighted by Crippen LogP contribution is 2.21. The lowest BCUT2D eigenvalue weighted by Gasteiger charge is -2.13. The van der Waals surface area contributed by atoms with Crippen LogP contribution in [0.2, 0.25) is 0 Å². The van der Waals surface area contributed by atoms with Crippen molar-refractivity contribution in [2.75, 3.05) is 29.9 Å². The maximum atomic E-state index is 13.7. The number of halogens is 1. The molecule has 2 rings (SSSR count). The first-order chi connectivity index (χ1) is 9.93. The number of anilines is 1. The predicted molar refractivity (Wildman–Crippen MR) is 79.7 cm³/mol. The van der Waals surface area contributed by atoms with Crippen LogP contribution in [0.3, 0.4) is 0 Å². The molecule has 1 aromatic carbocycles. The summed E-state index contributed by atoms with van der Waals surface area (Å²) < 4.78 is 36.5. The van der Waals surface area contributed by atoms with E-state index in [0.29, 0.717) is 19.5 Å². The van der Waals surface area contributed by atoms with Gasteiger partial charge in [-0.05, 0) is 31.4 Å². The van der Waals surface area contributed by atoms with Gasteiger partial charge in [-0.15, -0.1) is 0 Å². The zero-order chi connectivity index (χ0) is 15.5. The van der Waals surface area contributed by atoms with Gasteiger partial charge in [0.05, 0.1) is 22.8 Å². The fourth-order valence-corrected chi connectivity index (χ4v) is 4.30. The third-order valence-corrected chi connectivity index (χ3v) is 5.33. The van der Waals surface area contributed by atoms with E-state index in [1.165, 1.54) is 12.1 Å². The fourth-order valence-electron chi connectivity index (χ4n) is 2.44. The Kier molecular flexibility index (Phi) is 4.82. The van der Waals surface area contributed by atoms with Gasteiger partial charge < -0.3 is 10.6 Å². The number of hydrogen-bond donors (Lipinski definition) is 2. The van der Waals surface area contributed by atoms with Gasteiger partial charge in [0, 0.05) is 13.1 Å². The zero-order valence-electron chi connectivity index (χ0n) is 11.9. The number of nitrogens with one attached hydrogen (secondary N) is 2. The van der Waals surface area contributed by atoms with Crippen LogP contribution in [0.25, 0.3) is 0 Å². The number of benzene rings is 1. The van der Waals surface area contributed by atoms with E-state index in [0.717, 1.165) is 0 Å². The Bertz CT molecular complexity index is 631. The van der Waals surface area contributed by atoms with Crippen molar-refractivity contribution in [2.45, 2.75) is 13.3 Å². The third kappa shape index (κ3) is 3.93.